The molecule has 0 radical (unpaired) electrons. The van der Waals surface area contributed by atoms with Crippen molar-refractivity contribution in [2.75, 3.05) is 6.54 Å². The van der Waals surface area contributed by atoms with Gasteiger partial charge in [-0.25, -0.2) is 0 Å². The lowest BCUT2D eigenvalue weighted by atomic mass is 9.81. The van der Waals surface area contributed by atoms with Gasteiger partial charge in [0.2, 0.25) is 5.91 Å². The van der Waals surface area contributed by atoms with E-state index in [9.17, 15) is 9.59 Å². The van der Waals surface area contributed by atoms with E-state index in [1.54, 1.807) is 0 Å². The van der Waals surface area contributed by atoms with Crippen LogP contribution in [0.4, 0.5) is 0 Å². The molecule has 2 aliphatic carbocycles. The molecule has 0 spiro atoms. The number of carboxylic acid groups (broad SMARTS) is 1. The minimum absolute atomic E-state index is 0.0368. The van der Waals surface area contributed by atoms with Crippen LogP contribution in [0, 0.1) is 17.3 Å². The maximum Gasteiger partial charge on any atom is 0.306 e. The minimum Gasteiger partial charge on any atom is -0.481 e. The molecule has 4 N–H and O–H groups in total. The van der Waals surface area contributed by atoms with E-state index in [0.717, 1.165) is 44.9 Å². The van der Waals surface area contributed by atoms with Gasteiger partial charge in [-0.15, -0.1) is 0 Å². The highest BCUT2D eigenvalue weighted by molar-refractivity contribution is 5.83. The molecule has 2 saturated carbocycles. The molecule has 0 aromatic heterocycles. The number of carboxylic acids is 1. The maximum absolute atomic E-state index is 12.3. The summed E-state index contributed by atoms with van der Waals surface area (Å²) in [6.07, 6.45) is 6.05. The van der Waals surface area contributed by atoms with Gasteiger partial charge in [0.1, 0.15) is 0 Å². The van der Waals surface area contributed by atoms with Crippen LogP contribution in [0.5, 0.6) is 0 Å². The van der Waals surface area contributed by atoms with Gasteiger partial charge in [-0.1, -0.05) is 6.42 Å². The van der Waals surface area contributed by atoms with Gasteiger partial charge >= 0.3 is 5.97 Å². The maximum atomic E-state index is 12.3. The molecular formula is C15H26N2O3. The number of aliphatic carboxylic acids is 1. The van der Waals surface area contributed by atoms with E-state index >= 15 is 0 Å². The number of hydrogen-bond acceptors (Lipinski definition) is 3. The van der Waals surface area contributed by atoms with Crippen molar-refractivity contribution in [3.63, 3.8) is 0 Å². The fraction of sp³-hybridized carbons (Fsp3) is 0.867. The van der Waals surface area contributed by atoms with Crippen molar-refractivity contribution in [1.82, 2.24) is 5.32 Å². The van der Waals surface area contributed by atoms with Gasteiger partial charge < -0.3 is 16.2 Å². The predicted octanol–water partition coefficient (Wildman–Crippen LogP) is 1.51. The van der Waals surface area contributed by atoms with Crippen molar-refractivity contribution in [1.29, 1.82) is 0 Å². The fourth-order valence-corrected chi connectivity index (χ4v) is 3.53. The number of carbonyl (C=O) groups is 2. The average Bonchev–Trinajstić information content (AvgIpc) is 2.77. The monoisotopic (exact) mass is 282 g/mol. The lowest BCUT2D eigenvalue weighted by molar-refractivity contribution is -0.143. The highest BCUT2D eigenvalue weighted by atomic mass is 16.4. The molecule has 114 valence electrons. The molecule has 20 heavy (non-hydrogen) atoms. The summed E-state index contributed by atoms with van der Waals surface area (Å²) in [5.74, 6) is -0.390. The standard InChI is InChI=1S/C15H26N2O3/c1-15(8-2-3-12(15)16)14(20)17-9-10-4-6-11(7-5-10)13(18)19/h10-12H,2-9,16H2,1H3,(H,17,20)(H,18,19). The van der Waals surface area contributed by atoms with Crippen LogP contribution in [0.25, 0.3) is 0 Å². The summed E-state index contributed by atoms with van der Waals surface area (Å²) in [5, 5.41) is 12.0. The van der Waals surface area contributed by atoms with Crippen molar-refractivity contribution in [2.24, 2.45) is 23.0 Å². The molecule has 0 heterocycles. The molecule has 0 saturated heterocycles. The summed E-state index contributed by atoms with van der Waals surface area (Å²) in [7, 11) is 0. The van der Waals surface area contributed by atoms with Gasteiger partial charge in [-0.2, -0.15) is 0 Å². The minimum atomic E-state index is -0.683. The van der Waals surface area contributed by atoms with E-state index in [1.165, 1.54) is 0 Å². The Kier molecular flexibility index (Phi) is 4.68. The second-order valence-electron chi connectivity index (χ2n) is 6.68. The first-order valence-electron chi connectivity index (χ1n) is 7.70. The second-order valence-corrected chi connectivity index (χ2v) is 6.68. The van der Waals surface area contributed by atoms with E-state index in [0.29, 0.717) is 12.5 Å². The van der Waals surface area contributed by atoms with Crippen molar-refractivity contribution < 1.29 is 14.7 Å². The third-order valence-corrected chi connectivity index (χ3v) is 5.30. The Morgan fingerprint density at radius 2 is 1.90 bits per heavy atom. The molecule has 2 atom stereocenters. The van der Waals surface area contributed by atoms with Crippen LogP contribution in [0.3, 0.4) is 0 Å². The molecule has 0 aromatic carbocycles. The first-order valence-corrected chi connectivity index (χ1v) is 7.70. The summed E-state index contributed by atoms with van der Waals surface area (Å²) in [5.41, 5.74) is 5.63. The first-order chi connectivity index (χ1) is 9.43. The Morgan fingerprint density at radius 1 is 1.25 bits per heavy atom. The Hall–Kier alpha value is -1.10. The topological polar surface area (TPSA) is 92.4 Å². The molecule has 2 aliphatic rings. The normalized spacial score (nSPS) is 37.6. The van der Waals surface area contributed by atoms with Crippen LogP contribution < -0.4 is 11.1 Å². The van der Waals surface area contributed by atoms with E-state index in [-0.39, 0.29) is 17.9 Å². The summed E-state index contributed by atoms with van der Waals surface area (Å²) < 4.78 is 0. The van der Waals surface area contributed by atoms with Crippen LogP contribution in [0.1, 0.15) is 51.9 Å². The first kappa shape index (κ1) is 15.3. The Balaban J connectivity index is 1.76. The largest absolute Gasteiger partial charge is 0.481 e. The molecule has 2 rings (SSSR count). The third kappa shape index (κ3) is 3.14. The van der Waals surface area contributed by atoms with Crippen molar-refractivity contribution in [3.05, 3.63) is 0 Å². The quantitative estimate of drug-likeness (QED) is 0.728. The summed E-state index contributed by atoms with van der Waals surface area (Å²) in [4.78, 5) is 23.2. The van der Waals surface area contributed by atoms with E-state index in [4.69, 9.17) is 10.8 Å². The van der Waals surface area contributed by atoms with Crippen molar-refractivity contribution in [2.45, 2.75) is 57.9 Å². The van der Waals surface area contributed by atoms with Crippen molar-refractivity contribution in [3.8, 4) is 0 Å². The zero-order valence-corrected chi connectivity index (χ0v) is 12.2. The molecular weight excluding hydrogens is 256 g/mol. The molecule has 0 aliphatic heterocycles. The van der Waals surface area contributed by atoms with E-state index < -0.39 is 11.4 Å². The van der Waals surface area contributed by atoms with Crippen LogP contribution in [-0.2, 0) is 9.59 Å². The van der Waals surface area contributed by atoms with Crippen molar-refractivity contribution >= 4 is 11.9 Å². The number of nitrogens with two attached hydrogens (primary N) is 1. The molecule has 1 amide bonds. The zero-order valence-electron chi connectivity index (χ0n) is 12.2. The van der Waals surface area contributed by atoms with E-state index in [1.807, 2.05) is 6.92 Å². The van der Waals surface area contributed by atoms with Gasteiger partial charge in [0.05, 0.1) is 11.3 Å². The van der Waals surface area contributed by atoms with Crippen LogP contribution in [0.2, 0.25) is 0 Å². The van der Waals surface area contributed by atoms with Gasteiger partial charge in [0, 0.05) is 12.6 Å². The second kappa shape index (κ2) is 6.12. The highest BCUT2D eigenvalue weighted by Gasteiger charge is 2.43. The van der Waals surface area contributed by atoms with Gasteiger partial charge in [-0.05, 0) is 51.4 Å². The van der Waals surface area contributed by atoms with Gasteiger partial charge in [0.15, 0.2) is 0 Å². The molecule has 0 bridgehead atoms. The average molecular weight is 282 g/mol. The fourth-order valence-electron chi connectivity index (χ4n) is 3.53. The lowest BCUT2D eigenvalue weighted by Gasteiger charge is -2.30. The number of carbonyl (C=O) groups excluding carboxylic acids is 1. The molecule has 2 unspecified atom stereocenters. The smallest absolute Gasteiger partial charge is 0.306 e. The number of hydrogen-bond donors (Lipinski definition) is 3. The highest BCUT2D eigenvalue weighted by Crippen LogP contribution is 2.37. The Labute approximate surface area is 120 Å². The van der Waals surface area contributed by atoms with Gasteiger partial charge in [-0.3, -0.25) is 9.59 Å². The molecule has 0 aromatic rings. The van der Waals surface area contributed by atoms with Crippen LogP contribution in [0.15, 0.2) is 0 Å². The number of nitrogens with one attached hydrogen (secondary N) is 1. The van der Waals surface area contributed by atoms with Crippen LogP contribution in [-0.4, -0.2) is 29.6 Å². The number of amides is 1. The summed E-state index contributed by atoms with van der Waals surface area (Å²) >= 11 is 0. The van der Waals surface area contributed by atoms with E-state index in [2.05, 4.69) is 5.32 Å². The number of rotatable bonds is 4. The Morgan fingerprint density at radius 3 is 2.40 bits per heavy atom. The molecule has 2 fully saturated rings. The Bertz CT molecular complexity index is 377. The molecule has 5 nitrogen and oxygen atoms in total. The zero-order chi connectivity index (χ0) is 14.8. The summed E-state index contributed by atoms with van der Waals surface area (Å²) in [6, 6.07) is -0.0368. The third-order valence-electron chi connectivity index (χ3n) is 5.30. The predicted molar refractivity (Wildman–Crippen MR) is 76.0 cm³/mol. The lowest BCUT2D eigenvalue weighted by Crippen LogP contribution is -2.48. The SMILES string of the molecule is CC1(C(=O)NCC2CCC(C(=O)O)CC2)CCCC1N. The molecule has 5 heteroatoms. The summed E-state index contributed by atoms with van der Waals surface area (Å²) in [6.45, 7) is 2.62. The van der Waals surface area contributed by atoms with Gasteiger partial charge in [0.25, 0.3) is 0 Å². The van der Waals surface area contributed by atoms with Crippen LogP contribution >= 0.6 is 0 Å².